The Morgan fingerprint density at radius 1 is 0.889 bits per heavy atom. The summed E-state index contributed by atoms with van der Waals surface area (Å²) in [5, 5.41) is 14.1. The lowest BCUT2D eigenvalue weighted by molar-refractivity contribution is -0.137. The molecule has 0 aliphatic carbocycles. The van der Waals surface area contributed by atoms with Gasteiger partial charge in [0.2, 0.25) is 5.95 Å². The summed E-state index contributed by atoms with van der Waals surface area (Å²) in [6.45, 7) is 0. The van der Waals surface area contributed by atoms with E-state index in [1.807, 2.05) is 6.07 Å². The second-order valence-electron chi connectivity index (χ2n) is 5.40. The Kier molecular flexibility index (Phi) is 4.90. The number of nitriles is 1. The first-order valence-electron chi connectivity index (χ1n) is 7.59. The number of rotatable bonds is 4. The quantitative estimate of drug-likeness (QED) is 0.630. The number of benzene rings is 2. The summed E-state index contributed by atoms with van der Waals surface area (Å²) in [5.74, 6) is -0.991. The number of nitrogens with zero attached hydrogens (tertiary/aromatic N) is 3. The third-order valence-electron chi connectivity index (χ3n) is 3.47. The lowest BCUT2D eigenvalue weighted by Crippen LogP contribution is -2.12. The van der Waals surface area contributed by atoms with Crippen LogP contribution in [-0.4, -0.2) is 9.97 Å². The maximum atomic E-state index is 13.2. The van der Waals surface area contributed by atoms with Gasteiger partial charge in [0.05, 0.1) is 11.6 Å². The van der Waals surface area contributed by atoms with Crippen molar-refractivity contribution >= 4 is 23.1 Å². The van der Waals surface area contributed by atoms with Gasteiger partial charge in [-0.3, -0.25) is 0 Å². The molecule has 3 rings (SSSR count). The average molecular weight is 373 g/mol. The Labute approximate surface area is 151 Å². The van der Waals surface area contributed by atoms with Crippen molar-refractivity contribution in [2.75, 3.05) is 10.6 Å². The fourth-order valence-corrected chi connectivity index (χ4v) is 2.17. The van der Waals surface area contributed by atoms with Crippen molar-refractivity contribution in [1.82, 2.24) is 9.97 Å². The SMILES string of the molecule is N#Cc1ccc(Nc2nc(Nc3ccc(F)cc3)ncc2C(F)(F)F)cc1. The van der Waals surface area contributed by atoms with Gasteiger partial charge in [-0.15, -0.1) is 0 Å². The van der Waals surface area contributed by atoms with Crippen molar-refractivity contribution < 1.29 is 17.6 Å². The van der Waals surface area contributed by atoms with E-state index in [-0.39, 0.29) is 5.95 Å². The predicted octanol–water partition coefficient (Wildman–Crippen LogP) is 4.99. The summed E-state index contributed by atoms with van der Waals surface area (Å²) in [6.07, 6.45) is -4.01. The Morgan fingerprint density at radius 3 is 2.07 bits per heavy atom. The average Bonchev–Trinajstić information content (AvgIpc) is 2.63. The molecule has 0 spiro atoms. The van der Waals surface area contributed by atoms with E-state index in [0.29, 0.717) is 23.1 Å². The van der Waals surface area contributed by atoms with E-state index >= 15 is 0 Å². The Morgan fingerprint density at radius 2 is 1.48 bits per heavy atom. The first-order valence-corrected chi connectivity index (χ1v) is 7.59. The van der Waals surface area contributed by atoms with E-state index in [9.17, 15) is 17.6 Å². The molecule has 9 heteroatoms. The molecule has 0 amide bonds. The maximum Gasteiger partial charge on any atom is 0.421 e. The number of halogens is 4. The molecule has 27 heavy (non-hydrogen) atoms. The minimum Gasteiger partial charge on any atom is -0.340 e. The highest BCUT2D eigenvalue weighted by atomic mass is 19.4. The Bertz CT molecular complexity index is 977. The molecular formula is C18H11F4N5. The van der Waals surface area contributed by atoms with Crippen LogP contribution in [0.1, 0.15) is 11.1 Å². The third kappa shape index (κ3) is 4.49. The van der Waals surface area contributed by atoms with Crippen molar-refractivity contribution in [3.05, 3.63) is 71.7 Å². The Balaban J connectivity index is 1.92. The van der Waals surface area contributed by atoms with Crippen molar-refractivity contribution in [3.8, 4) is 6.07 Å². The van der Waals surface area contributed by atoms with Crippen LogP contribution in [0.4, 0.5) is 40.7 Å². The fourth-order valence-electron chi connectivity index (χ4n) is 2.17. The molecule has 2 aromatic carbocycles. The summed E-state index contributed by atoms with van der Waals surface area (Å²) in [5.41, 5.74) is 0.0703. The molecule has 0 fully saturated rings. The molecule has 0 aliphatic rings. The van der Waals surface area contributed by atoms with Crippen molar-refractivity contribution in [1.29, 1.82) is 5.26 Å². The van der Waals surface area contributed by atoms with Crippen molar-refractivity contribution in [2.24, 2.45) is 0 Å². The Hall–Kier alpha value is -3.67. The zero-order valence-corrected chi connectivity index (χ0v) is 13.5. The molecule has 5 nitrogen and oxygen atoms in total. The molecular weight excluding hydrogens is 362 g/mol. The van der Waals surface area contributed by atoms with Gasteiger partial charge in [-0.1, -0.05) is 0 Å². The van der Waals surface area contributed by atoms with Gasteiger partial charge in [0.25, 0.3) is 0 Å². The monoisotopic (exact) mass is 373 g/mol. The van der Waals surface area contributed by atoms with Crippen LogP contribution >= 0.6 is 0 Å². The molecule has 2 N–H and O–H groups in total. The normalized spacial score (nSPS) is 10.9. The maximum absolute atomic E-state index is 13.2. The minimum atomic E-state index is -4.66. The van der Waals surface area contributed by atoms with Crippen molar-refractivity contribution in [3.63, 3.8) is 0 Å². The van der Waals surface area contributed by atoms with Gasteiger partial charge in [-0.2, -0.15) is 23.4 Å². The van der Waals surface area contributed by atoms with Crippen LogP contribution < -0.4 is 10.6 Å². The lowest BCUT2D eigenvalue weighted by Gasteiger charge is -2.15. The first kappa shape index (κ1) is 18.1. The van der Waals surface area contributed by atoms with Gasteiger partial charge in [-0.05, 0) is 48.5 Å². The highest BCUT2D eigenvalue weighted by molar-refractivity contribution is 5.63. The largest absolute Gasteiger partial charge is 0.421 e. The highest BCUT2D eigenvalue weighted by Gasteiger charge is 2.35. The van der Waals surface area contributed by atoms with Crippen LogP contribution in [0.5, 0.6) is 0 Å². The van der Waals surface area contributed by atoms with E-state index in [0.717, 1.165) is 0 Å². The molecule has 0 saturated heterocycles. The molecule has 1 aromatic heterocycles. The second kappa shape index (κ2) is 7.29. The van der Waals surface area contributed by atoms with E-state index in [4.69, 9.17) is 5.26 Å². The number of aromatic nitrogens is 2. The first-order chi connectivity index (χ1) is 12.8. The standard InChI is InChI=1S/C18H11F4N5/c19-12-3-7-14(8-4-12)26-17-24-10-15(18(20,21)22)16(27-17)25-13-5-1-11(9-23)2-6-13/h1-8,10H,(H2,24,25,26,27). The number of hydrogen-bond donors (Lipinski definition) is 2. The third-order valence-corrected chi connectivity index (χ3v) is 3.47. The summed E-state index contributed by atoms with van der Waals surface area (Å²) in [4.78, 5) is 7.56. The zero-order chi connectivity index (χ0) is 19.4. The summed E-state index contributed by atoms with van der Waals surface area (Å²) in [6, 6.07) is 13.0. The molecule has 1 heterocycles. The molecule has 0 bridgehead atoms. The molecule has 0 radical (unpaired) electrons. The second-order valence-corrected chi connectivity index (χ2v) is 5.40. The molecule has 0 unspecified atom stereocenters. The fraction of sp³-hybridized carbons (Fsp3) is 0.0556. The van der Waals surface area contributed by atoms with Gasteiger partial charge in [0.15, 0.2) is 0 Å². The number of hydrogen-bond acceptors (Lipinski definition) is 5. The van der Waals surface area contributed by atoms with Crippen LogP contribution in [0.3, 0.4) is 0 Å². The topological polar surface area (TPSA) is 73.6 Å². The van der Waals surface area contributed by atoms with Crippen molar-refractivity contribution in [2.45, 2.75) is 6.18 Å². The minimum absolute atomic E-state index is 0.0919. The van der Waals surface area contributed by atoms with Gasteiger partial charge in [0, 0.05) is 17.6 Å². The number of anilines is 4. The molecule has 0 atom stereocenters. The van der Waals surface area contributed by atoms with Gasteiger partial charge in [0.1, 0.15) is 17.2 Å². The molecule has 0 aliphatic heterocycles. The lowest BCUT2D eigenvalue weighted by atomic mass is 10.2. The van der Waals surface area contributed by atoms with Crippen LogP contribution in [0.2, 0.25) is 0 Å². The van der Waals surface area contributed by atoms with Crippen LogP contribution in [-0.2, 0) is 6.18 Å². The van der Waals surface area contributed by atoms with Crippen LogP contribution in [0, 0.1) is 17.1 Å². The van der Waals surface area contributed by atoms with Gasteiger partial charge >= 0.3 is 6.18 Å². The van der Waals surface area contributed by atoms with Gasteiger partial charge < -0.3 is 10.6 Å². The number of nitrogens with one attached hydrogen (secondary N) is 2. The van der Waals surface area contributed by atoms with E-state index in [1.54, 1.807) is 0 Å². The molecule has 0 saturated carbocycles. The van der Waals surface area contributed by atoms with Gasteiger partial charge in [-0.25, -0.2) is 9.37 Å². The number of alkyl halides is 3. The zero-order valence-electron chi connectivity index (χ0n) is 13.5. The molecule has 136 valence electrons. The summed E-state index contributed by atoms with van der Waals surface area (Å²) < 4.78 is 52.7. The van der Waals surface area contributed by atoms with E-state index in [1.165, 1.54) is 48.5 Å². The van der Waals surface area contributed by atoms with Crippen LogP contribution in [0.25, 0.3) is 0 Å². The van der Waals surface area contributed by atoms with Crippen LogP contribution in [0.15, 0.2) is 54.7 Å². The highest BCUT2D eigenvalue weighted by Crippen LogP contribution is 2.35. The molecule has 3 aromatic rings. The predicted molar refractivity (Wildman–Crippen MR) is 91.2 cm³/mol. The smallest absolute Gasteiger partial charge is 0.340 e. The summed E-state index contributed by atoms with van der Waals surface area (Å²) >= 11 is 0. The summed E-state index contributed by atoms with van der Waals surface area (Å²) in [7, 11) is 0. The van der Waals surface area contributed by atoms with E-state index in [2.05, 4.69) is 20.6 Å². The van der Waals surface area contributed by atoms with E-state index < -0.39 is 23.4 Å².